The number of rotatable bonds is 6. The summed E-state index contributed by atoms with van der Waals surface area (Å²) < 4.78 is 17.1. The highest BCUT2D eigenvalue weighted by molar-refractivity contribution is 14.0. The van der Waals surface area contributed by atoms with E-state index < -0.39 is 0 Å². The van der Waals surface area contributed by atoms with Crippen LogP contribution in [0.15, 0.2) is 23.2 Å². The Morgan fingerprint density at radius 3 is 2.68 bits per heavy atom. The van der Waals surface area contributed by atoms with E-state index in [9.17, 15) is 0 Å². The normalized spacial score (nSPS) is 21.7. The van der Waals surface area contributed by atoms with Crippen molar-refractivity contribution in [2.24, 2.45) is 4.99 Å². The van der Waals surface area contributed by atoms with Gasteiger partial charge in [-0.1, -0.05) is 17.7 Å². The van der Waals surface area contributed by atoms with Gasteiger partial charge in [-0.25, -0.2) is 0 Å². The lowest BCUT2D eigenvalue weighted by Gasteiger charge is -2.39. The van der Waals surface area contributed by atoms with Crippen molar-refractivity contribution < 1.29 is 14.2 Å². The molecular weight excluding hydrogens is 469 g/mol. The first-order chi connectivity index (χ1) is 13.2. The molecule has 0 aromatic heterocycles. The van der Waals surface area contributed by atoms with Crippen LogP contribution in [0.5, 0.6) is 5.75 Å². The van der Waals surface area contributed by atoms with Crippen molar-refractivity contribution in [1.29, 1.82) is 0 Å². The number of methoxy groups -OCH3 is 1. The average molecular weight is 503 g/mol. The van der Waals surface area contributed by atoms with Gasteiger partial charge in [0.1, 0.15) is 5.75 Å². The summed E-state index contributed by atoms with van der Waals surface area (Å²) in [6.07, 6.45) is 4.48. The summed E-state index contributed by atoms with van der Waals surface area (Å²) in [5.74, 6) is 1.77. The Labute approximate surface area is 185 Å². The van der Waals surface area contributed by atoms with Crippen molar-refractivity contribution >= 4 is 29.9 Å². The molecule has 2 fully saturated rings. The minimum atomic E-state index is -0.0307. The van der Waals surface area contributed by atoms with Gasteiger partial charge in [0.15, 0.2) is 5.96 Å². The third-order valence-corrected chi connectivity index (χ3v) is 5.72. The number of hydrogen-bond donors (Lipinski definition) is 2. The van der Waals surface area contributed by atoms with E-state index in [4.69, 9.17) is 14.2 Å². The van der Waals surface area contributed by atoms with Crippen molar-refractivity contribution in [1.82, 2.24) is 10.6 Å². The Balaban J connectivity index is 0.00000280. The summed E-state index contributed by atoms with van der Waals surface area (Å²) in [5.41, 5.74) is 2.48. The Hall–Kier alpha value is -1.06. The number of guanidine groups is 1. The molecule has 0 saturated carbocycles. The number of nitrogens with one attached hydrogen (secondary N) is 2. The topological polar surface area (TPSA) is 64.1 Å². The number of aliphatic imine (C=N–C) groups is 1. The van der Waals surface area contributed by atoms with Gasteiger partial charge in [-0.15, -0.1) is 24.0 Å². The van der Waals surface area contributed by atoms with Gasteiger partial charge in [-0.3, -0.25) is 4.99 Å². The molecule has 0 amide bonds. The van der Waals surface area contributed by atoms with Crippen LogP contribution in [0, 0.1) is 6.92 Å². The molecule has 2 aliphatic rings. The van der Waals surface area contributed by atoms with Crippen LogP contribution in [0.4, 0.5) is 0 Å². The lowest BCUT2D eigenvalue weighted by Crippen LogP contribution is -2.49. The van der Waals surface area contributed by atoms with Gasteiger partial charge < -0.3 is 24.8 Å². The zero-order valence-electron chi connectivity index (χ0n) is 17.3. The van der Waals surface area contributed by atoms with Gasteiger partial charge >= 0.3 is 0 Å². The summed E-state index contributed by atoms with van der Waals surface area (Å²) in [6.45, 7) is 6.12. The lowest BCUT2D eigenvalue weighted by molar-refractivity contribution is 0.0505. The van der Waals surface area contributed by atoms with Gasteiger partial charge in [-0.2, -0.15) is 0 Å². The van der Waals surface area contributed by atoms with Crippen LogP contribution < -0.4 is 15.4 Å². The molecule has 1 aromatic rings. The minimum Gasteiger partial charge on any atom is -0.496 e. The molecule has 0 aliphatic carbocycles. The average Bonchev–Trinajstić information content (AvgIpc) is 3.22. The molecule has 1 unspecified atom stereocenters. The highest BCUT2D eigenvalue weighted by Crippen LogP contribution is 2.40. The number of aryl methyl sites for hydroxylation is 1. The third kappa shape index (κ3) is 5.73. The summed E-state index contributed by atoms with van der Waals surface area (Å²) in [5, 5.41) is 6.96. The second kappa shape index (κ2) is 11.2. The highest BCUT2D eigenvalue weighted by Gasteiger charge is 2.37. The van der Waals surface area contributed by atoms with E-state index in [2.05, 4.69) is 40.7 Å². The molecule has 0 radical (unpaired) electrons. The maximum atomic E-state index is 5.70. The van der Waals surface area contributed by atoms with Crippen molar-refractivity contribution in [3.8, 4) is 5.75 Å². The third-order valence-electron chi connectivity index (χ3n) is 5.72. The molecule has 7 heteroatoms. The van der Waals surface area contributed by atoms with E-state index in [-0.39, 0.29) is 35.5 Å². The Kier molecular flexibility index (Phi) is 9.30. The lowest BCUT2D eigenvalue weighted by atomic mass is 9.73. The zero-order valence-corrected chi connectivity index (χ0v) is 19.6. The Morgan fingerprint density at radius 1 is 1.25 bits per heavy atom. The molecule has 2 heterocycles. The fourth-order valence-electron chi connectivity index (χ4n) is 4.03. The van der Waals surface area contributed by atoms with E-state index in [0.29, 0.717) is 0 Å². The SMILES string of the molecule is CN=C(NCC1CCCO1)NCC1(c2cc(C)ccc2OC)CCOCC1.I. The molecule has 2 aliphatic heterocycles. The Morgan fingerprint density at radius 2 is 2.04 bits per heavy atom. The fraction of sp³-hybridized carbons (Fsp3) is 0.667. The zero-order chi connectivity index (χ0) is 19.1. The van der Waals surface area contributed by atoms with E-state index in [1.165, 1.54) is 11.1 Å². The number of ether oxygens (including phenoxy) is 3. The number of hydrogen-bond acceptors (Lipinski definition) is 4. The molecule has 0 bridgehead atoms. The molecule has 28 heavy (non-hydrogen) atoms. The first kappa shape index (κ1) is 23.2. The number of nitrogens with zero attached hydrogens (tertiary/aromatic N) is 1. The van der Waals surface area contributed by atoms with E-state index in [0.717, 1.165) is 70.3 Å². The summed E-state index contributed by atoms with van der Waals surface area (Å²) >= 11 is 0. The minimum absolute atomic E-state index is 0. The second-order valence-electron chi connectivity index (χ2n) is 7.54. The predicted molar refractivity (Wildman–Crippen MR) is 123 cm³/mol. The van der Waals surface area contributed by atoms with Crippen LogP contribution >= 0.6 is 24.0 Å². The summed E-state index contributed by atoms with van der Waals surface area (Å²) in [7, 11) is 3.56. The summed E-state index contributed by atoms with van der Waals surface area (Å²) in [4.78, 5) is 4.39. The molecule has 2 N–H and O–H groups in total. The highest BCUT2D eigenvalue weighted by atomic mass is 127. The molecule has 158 valence electrons. The smallest absolute Gasteiger partial charge is 0.191 e. The van der Waals surface area contributed by atoms with Crippen molar-refractivity contribution in [2.45, 2.75) is 44.1 Å². The van der Waals surface area contributed by atoms with Crippen LogP contribution in [-0.4, -0.2) is 59.1 Å². The summed E-state index contributed by atoms with van der Waals surface area (Å²) in [6, 6.07) is 6.44. The second-order valence-corrected chi connectivity index (χ2v) is 7.54. The van der Waals surface area contributed by atoms with E-state index in [1.54, 1.807) is 7.11 Å². The Bertz CT molecular complexity index is 642. The van der Waals surface area contributed by atoms with Gasteiger partial charge in [0.05, 0.1) is 13.2 Å². The monoisotopic (exact) mass is 503 g/mol. The first-order valence-corrected chi connectivity index (χ1v) is 9.96. The number of benzene rings is 1. The van der Waals surface area contributed by atoms with Gasteiger partial charge in [0.25, 0.3) is 0 Å². The van der Waals surface area contributed by atoms with Crippen LogP contribution in [0.2, 0.25) is 0 Å². The van der Waals surface area contributed by atoms with Crippen LogP contribution in [-0.2, 0) is 14.9 Å². The predicted octanol–water partition coefficient (Wildman–Crippen LogP) is 3.01. The fourth-order valence-corrected chi connectivity index (χ4v) is 4.03. The largest absolute Gasteiger partial charge is 0.496 e. The van der Waals surface area contributed by atoms with Gasteiger partial charge in [-0.05, 0) is 38.7 Å². The van der Waals surface area contributed by atoms with Crippen molar-refractivity contribution in [3.05, 3.63) is 29.3 Å². The molecule has 3 rings (SSSR count). The molecule has 6 nitrogen and oxygen atoms in total. The van der Waals surface area contributed by atoms with Crippen LogP contribution in [0.3, 0.4) is 0 Å². The quantitative estimate of drug-likeness (QED) is 0.355. The molecule has 0 spiro atoms. The van der Waals surface area contributed by atoms with Crippen molar-refractivity contribution in [3.63, 3.8) is 0 Å². The molecule has 1 atom stereocenters. The van der Waals surface area contributed by atoms with Crippen LogP contribution in [0.1, 0.15) is 36.8 Å². The van der Waals surface area contributed by atoms with E-state index in [1.807, 2.05) is 7.05 Å². The molecule has 1 aromatic carbocycles. The van der Waals surface area contributed by atoms with Gasteiger partial charge in [0.2, 0.25) is 0 Å². The molecule has 2 saturated heterocycles. The first-order valence-electron chi connectivity index (χ1n) is 9.96. The maximum Gasteiger partial charge on any atom is 0.191 e. The van der Waals surface area contributed by atoms with Gasteiger partial charge in [0, 0.05) is 50.9 Å². The standard InChI is InChI=1S/C21H33N3O3.HI/c1-16-6-7-19(25-3)18(13-16)21(8-11-26-12-9-21)15-24-20(22-2)23-14-17-5-4-10-27-17;/h6-7,13,17H,4-5,8-12,14-15H2,1-3H3,(H2,22,23,24);1H. The maximum absolute atomic E-state index is 5.70. The number of halogens is 1. The van der Waals surface area contributed by atoms with Crippen LogP contribution in [0.25, 0.3) is 0 Å². The van der Waals surface area contributed by atoms with E-state index >= 15 is 0 Å². The van der Waals surface area contributed by atoms with Crippen molar-refractivity contribution in [2.75, 3.05) is 47.1 Å². The molecular formula is C21H34IN3O3.